The highest BCUT2D eigenvalue weighted by Gasteiger charge is 2.16. The maximum atomic E-state index is 11.7. The first-order valence-corrected chi connectivity index (χ1v) is 6.60. The molecule has 5 nitrogen and oxygen atoms in total. The summed E-state index contributed by atoms with van der Waals surface area (Å²) in [6.07, 6.45) is 2.20. The number of nitrogens with zero attached hydrogens (tertiary/aromatic N) is 1. The van der Waals surface area contributed by atoms with Gasteiger partial charge < -0.3 is 19.7 Å². The topological polar surface area (TPSA) is 50.8 Å². The first-order valence-electron chi connectivity index (χ1n) is 6.60. The van der Waals surface area contributed by atoms with Crippen LogP contribution < -0.4 is 14.8 Å². The molecule has 1 aromatic rings. The van der Waals surface area contributed by atoms with Crippen LogP contribution in [0.1, 0.15) is 12.8 Å². The van der Waals surface area contributed by atoms with Crippen molar-refractivity contribution in [2.24, 2.45) is 0 Å². The van der Waals surface area contributed by atoms with E-state index in [0.29, 0.717) is 24.7 Å². The lowest BCUT2D eigenvalue weighted by molar-refractivity contribution is 0.205. The highest BCUT2D eigenvalue weighted by molar-refractivity contribution is 5.74. The second-order valence-electron chi connectivity index (χ2n) is 4.43. The number of rotatable bonds is 5. The Morgan fingerprint density at radius 2 is 1.95 bits per heavy atom. The van der Waals surface area contributed by atoms with E-state index in [0.717, 1.165) is 25.9 Å². The molecule has 2 amide bonds. The lowest BCUT2D eigenvalue weighted by Gasteiger charge is -2.16. The minimum atomic E-state index is 0.00104. The summed E-state index contributed by atoms with van der Waals surface area (Å²) in [5, 5.41) is 2.85. The van der Waals surface area contributed by atoms with Crippen molar-refractivity contribution in [1.82, 2.24) is 10.2 Å². The molecule has 1 aliphatic heterocycles. The molecule has 1 saturated heterocycles. The summed E-state index contributed by atoms with van der Waals surface area (Å²) in [5.41, 5.74) is 0. The summed E-state index contributed by atoms with van der Waals surface area (Å²) in [6, 6.07) is 7.47. The van der Waals surface area contributed by atoms with Crippen LogP contribution in [0.3, 0.4) is 0 Å². The number of likely N-dealkylation sites (tertiary alicyclic amines) is 1. The van der Waals surface area contributed by atoms with E-state index >= 15 is 0 Å². The number of methoxy groups -OCH3 is 1. The van der Waals surface area contributed by atoms with Gasteiger partial charge in [0, 0.05) is 13.1 Å². The molecule has 1 aliphatic rings. The molecule has 19 heavy (non-hydrogen) atoms. The predicted octanol–water partition coefficient (Wildman–Crippen LogP) is 1.88. The summed E-state index contributed by atoms with van der Waals surface area (Å²) in [5.74, 6) is 1.40. The lowest BCUT2D eigenvalue weighted by Crippen LogP contribution is -2.39. The second-order valence-corrected chi connectivity index (χ2v) is 4.43. The van der Waals surface area contributed by atoms with Crippen LogP contribution in [0, 0.1) is 0 Å². The molecule has 0 radical (unpaired) electrons. The Labute approximate surface area is 113 Å². The zero-order valence-electron chi connectivity index (χ0n) is 11.2. The summed E-state index contributed by atoms with van der Waals surface area (Å²) in [6.45, 7) is 2.64. The summed E-state index contributed by atoms with van der Waals surface area (Å²) < 4.78 is 10.8. The number of carbonyl (C=O) groups is 1. The quantitative estimate of drug-likeness (QED) is 0.826. The van der Waals surface area contributed by atoms with Gasteiger partial charge in [0.15, 0.2) is 11.5 Å². The van der Waals surface area contributed by atoms with E-state index < -0.39 is 0 Å². The maximum Gasteiger partial charge on any atom is 0.317 e. The average molecular weight is 264 g/mol. The van der Waals surface area contributed by atoms with Gasteiger partial charge in [-0.2, -0.15) is 0 Å². The second kappa shape index (κ2) is 6.87. The molecule has 0 spiro atoms. The molecule has 1 fully saturated rings. The summed E-state index contributed by atoms with van der Waals surface area (Å²) in [4.78, 5) is 13.6. The first kappa shape index (κ1) is 13.5. The van der Waals surface area contributed by atoms with Crippen molar-refractivity contribution < 1.29 is 14.3 Å². The number of ether oxygens (including phenoxy) is 2. The van der Waals surface area contributed by atoms with Crippen LogP contribution in [0.2, 0.25) is 0 Å². The molecule has 0 saturated carbocycles. The van der Waals surface area contributed by atoms with Crippen molar-refractivity contribution in [2.75, 3.05) is 33.4 Å². The minimum Gasteiger partial charge on any atom is -0.493 e. The van der Waals surface area contributed by atoms with Crippen LogP contribution in [-0.4, -0.2) is 44.3 Å². The van der Waals surface area contributed by atoms with Gasteiger partial charge in [-0.05, 0) is 25.0 Å². The zero-order chi connectivity index (χ0) is 13.5. The lowest BCUT2D eigenvalue weighted by atomic mass is 10.3. The Morgan fingerprint density at radius 3 is 2.63 bits per heavy atom. The Bertz CT molecular complexity index is 417. The van der Waals surface area contributed by atoms with Gasteiger partial charge in [-0.25, -0.2) is 4.79 Å². The fourth-order valence-electron chi connectivity index (χ4n) is 2.09. The number of nitrogens with one attached hydrogen (secondary N) is 1. The maximum absolute atomic E-state index is 11.7. The standard InChI is InChI=1S/C14H20N2O3/c1-18-12-6-2-3-7-13(12)19-11-8-15-14(17)16-9-4-5-10-16/h2-3,6-7H,4-5,8-11H2,1H3,(H,15,17). The Balaban J connectivity index is 1.70. The van der Waals surface area contributed by atoms with Crippen molar-refractivity contribution in [1.29, 1.82) is 0 Å². The number of carbonyl (C=O) groups excluding carboxylic acids is 1. The molecule has 104 valence electrons. The molecule has 2 rings (SSSR count). The monoisotopic (exact) mass is 264 g/mol. The normalized spacial score (nSPS) is 14.3. The van der Waals surface area contributed by atoms with Crippen molar-refractivity contribution in [3.63, 3.8) is 0 Å². The van der Waals surface area contributed by atoms with Crippen LogP contribution in [0.5, 0.6) is 11.5 Å². The van der Waals surface area contributed by atoms with E-state index in [9.17, 15) is 4.79 Å². The molecule has 0 unspecified atom stereocenters. The van der Waals surface area contributed by atoms with Gasteiger partial charge in [0.05, 0.1) is 13.7 Å². The number of hydrogen-bond donors (Lipinski definition) is 1. The molecule has 0 aromatic heterocycles. The third-order valence-electron chi connectivity index (χ3n) is 3.10. The number of benzene rings is 1. The van der Waals surface area contributed by atoms with E-state index in [1.807, 2.05) is 29.2 Å². The highest BCUT2D eigenvalue weighted by atomic mass is 16.5. The number of urea groups is 1. The Morgan fingerprint density at radius 1 is 1.26 bits per heavy atom. The van der Waals surface area contributed by atoms with E-state index in [1.54, 1.807) is 7.11 Å². The molecular weight excluding hydrogens is 244 g/mol. The highest BCUT2D eigenvalue weighted by Crippen LogP contribution is 2.25. The van der Waals surface area contributed by atoms with Crippen LogP contribution in [0.25, 0.3) is 0 Å². The number of amides is 2. The molecule has 0 atom stereocenters. The van der Waals surface area contributed by atoms with Gasteiger partial charge in [-0.1, -0.05) is 12.1 Å². The molecule has 1 N–H and O–H groups in total. The van der Waals surface area contributed by atoms with Crippen LogP contribution in [0.15, 0.2) is 24.3 Å². The third-order valence-corrected chi connectivity index (χ3v) is 3.10. The third kappa shape index (κ3) is 3.77. The zero-order valence-corrected chi connectivity index (χ0v) is 11.2. The molecule has 1 heterocycles. The van der Waals surface area contributed by atoms with Gasteiger partial charge in [-0.15, -0.1) is 0 Å². The fraction of sp³-hybridized carbons (Fsp3) is 0.500. The van der Waals surface area contributed by atoms with Crippen molar-refractivity contribution >= 4 is 6.03 Å². The fourth-order valence-corrected chi connectivity index (χ4v) is 2.09. The largest absolute Gasteiger partial charge is 0.493 e. The smallest absolute Gasteiger partial charge is 0.317 e. The van der Waals surface area contributed by atoms with Crippen molar-refractivity contribution in [3.05, 3.63) is 24.3 Å². The van der Waals surface area contributed by atoms with Crippen LogP contribution >= 0.6 is 0 Å². The van der Waals surface area contributed by atoms with Gasteiger partial charge in [-0.3, -0.25) is 0 Å². The Kier molecular flexibility index (Phi) is 4.89. The number of hydrogen-bond acceptors (Lipinski definition) is 3. The van der Waals surface area contributed by atoms with Gasteiger partial charge in [0.2, 0.25) is 0 Å². The van der Waals surface area contributed by atoms with E-state index in [1.165, 1.54) is 0 Å². The SMILES string of the molecule is COc1ccccc1OCCNC(=O)N1CCCC1. The van der Waals surface area contributed by atoms with E-state index in [-0.39, 0.29) is 6.03 Å². The summed E-state index contributed by atoms with van der Waals surface area (Å²) in [7, 11) is 1.61. The van der Waals surface area contributed by atoms with Crippen LogP contribution in [-0.2, 0) is 0 Å². The van der Waals surface area contributed by atoms with Crippen LogP contribution in [0.4, 0.5) is 4.79 Å². The van der Waals surface area contributed by atoms with E-state index in [2.05, 4.69) is 5.32 Å². The average Bonchev–Trinajstić information content (AvgIpc) is 2.98. The molecule has 1 aromatic carbocycles. The minimum absolute atomic E-state index is 0.00104. The molecule has 0 aliphatic carbocycles. The predicted molar refractivity (Wildman–Crippen MR) is 72.7 cm³/mol. The van der Waals surface area contributed by atoms with Gasteiger partial charge >= 0.3 is 6.03 Å². The first-order chi connectivity index (χ1) is 9.31. The van der Waals surface area contributed by atoms with E-state index in [4.69, 9.17) is 9.47 Å². The molecule has 5 heteroatoms. The summed E-state index contributed by atoms with van der Waals surface area (Å²) >= 11 is 0. The van der Waals surface area contributed by atoms with Gasteiger partial charge in [0.1, 0.15) is 6.61 Å². The van der Waals surface area contributed by atoms with Crippen molar-refractivity contribution in [2.45, 2.75) is 12.8 Å². The van der Waals surface area contributed by atoms with Crippen molar-refractivity contribution in [3.8, 4) is 11.5 Å². The van der Waals surface area contributed by atoms with Gasteiger partial charge in [0.25, 0.3) is 0 Å². The molecule has 0 bridgehead atoms. The Hall–Kier alpha value is -1.91. The number of para-hydroxylation sites is 2. The molecular formula is C14H20N2O3.